The second-order valence-electron chi connectivity index (χ2n) is 2.60. The molecule has 0 aromatic heterocycles. The van der Waals surface area contributed by atoms with Gasteiger partial charge in [0.05, 0.1) is 19.2 Å². The van der Waals surface area contributed by atoms with Crippen LogP contribution in [0.25, 0.3) is 0 Å². The van der Waals surface area contributed by atoms with Crippen molar-refractivity contribution in [1.29, 1.82) is 0 Å². The molecule has 0 saturated carbocycles. The van der Waals surface area contributed by atoms with Gasteiger partial charge in [0.15, 0.2) is 23.1 Å². The summed E-state index contributed by atoms with van der Waals surface area (Å²) in [5.74, 6) is -2.11. The third kappa shape index (κ3) is 1.67. The normalized spacial score (nSPS) is 9.93. The molecule has 0 bridgehead atoms. The lowest BCUT2D eigenvalue weighted by Crippen LogP contribution is -2.14. The van der Waals surface area contributed by atoms with Crippen LogP contribution < -0.4 is 10.5 Å². The maximum absolute atomic E-state index is 12.8. The van der Waals surface area contributed by atoms with Gasteiger partial charge in [-0.3, -0.25) is 4.79 Å². The average molecular weight is 199 g/mol. The van der Waals surface area contributed by atoms with E-state index in [0.29, 0.717) is 0 Å². The molecule has 0 aliphatic rings. The molecule has 0 unspecified atom stereocenters. The van der Waals surface area contributed by atoms with E-state index < -0.39 is 17.3 Å². The Balaban J connectivity index is 3.31. The molecule has 76 valence electrons. The second kappa shape index (κ2) is 4.06. The highest BCUT2D eigenvalue weighted by atomic mass is 19.1. The number of hydrogen-bond acceptors (Lipinski definition) is 4. The van der Waals surface area contributed by atoms with Crippen LogP contribution in [-0.4, -0.2) is 24.5 Å². The Morgan fingerprint density at radius 3 is 2.79 bits per heavy atom. The zero-order valence-electron chi connectivity index (χ0n) is 7.58. The largest absolute Gasteiger partial charge is 0.502 e. The predicted molar refractivity (Wildman–Crippen MR) is 48.0 cm³/mol. The van der Waals surface area contributed by atoms with Crippen molar-refractivity contribution in [2.45, 2.75) is 0 Å². The maximum Gasteiger partial charge on any atom is 0.195 e. The average Bonchev–Trinajstić information content (AvgIpc) is 2.20. The molecule has 0 fully saturated rings. The molecule has 0 heterocycles. The van der Waals surface area contributed by atoms with Gasteiger partial charge in [0.2, 0.25) is 0 Å². The molecule has 0 radical (unpaired) electrons. The standard InChI is InChI=1S/C9H10FNO3/c1-14-9-5(7(12)4-11)2-3-6(10)8(9)13/h2-3,13H,4,11H2,1H3. The van der Waals surface area contributed by atoms with Crippen molar-refractivity contribution in [3.8, 4) is 11.5 Å². The first-order chi connectivity index (χ1) is 6.61. The minimum absolute atomic E-state index is 0.0777. The summed E-state index contributed by atoms with van der Waals surface area (Å²) < 4.78 is 17.6. The van der Waals surface area contributed by atoms with E-state index in [1.807, 2.05) is 0 Å². The molecule has 1 rings (SSSR count). The predicted octanol–water partition coefficient (Wildman–Crippen LogP) is 0.681. The van der Waals surface area contributed by atoms with Gasteiger partial charge in [-0.25, -0.2) is 4.39 Å². The zero-order valence-corrected chi connectivity index (χ0v) is 7.58. The zero-order chi connectivity index (χ0) is 10.7. The van der Waals surface area contributed by atoms with Crippen molar-refractivity contribution in [2.24, 2.45) is 5.73 Å². The molecular formula is C9H10FNO3. The second-order valence-corrected chi connectivity index (χ2v) is 2.60. The quantitative estimate of drug-likeness (QED) is 0.702. The van der Waals surface area contributed by atoms with Gasteiger partial charge in [0.1, 0.15) is 0 Å². The SMILES string of the molecule is COc1c(C(=O)CN)ccc(F)c1O. The number of aromatic hydroxyl groups is 1. The van der Waals surface area contributed by atoms with E-state index in [-0.39, 0.29) is 17.9 Å². The minimum atomic E-state index is -0.838. The number of ether oxygens (including phenoxy) is 1. The van der Waals surface area contributed by atoms with Gasteiger partial charge in [-0.15, -0.1) is 0 Å². The Morgan fingerprint density at radius 2 is 2.29 bits per heavy atom. The summed E-state index contributed by atoms with van der Waals surface area (Å²) in [6.07, 6.45) is 0. The summed E-state index contributed by atoms with van der Waals surface area (Å²) in [6, 6.07) is 2.21. The van der Waals surface area contributed by atoms with Gasteiger partial charge in [0.25, 0.3) is 0 Å². The first-order valence-electron chi connectivity index (χ1n) is 3.90. The molecule has 0 aliphatic heterocycles. The lowest BCUT2D eigenvalue weighted by molar-refractivity contribution is 0.0997. The van der Waals surface area contributed by atoms with Gasteiger partial charge in [-0.05, 0) is 12.1 Å². The van der Waals surface area contributed by atoms with Crippen LogP contribution in [0, 0.1) is 5.82 Å². The fourth-order valence-electron chi connectivity index (χ4n) is 1.08. The van der Waals surface area contributed by atoms with Crippen LogP contribution in [0.5, 0.6) is 11.5 Å². The lowest BCUT2D eigenvalue weighted by Gasteiger charge is -2.08. The third-order valence-corrected chi connectivity index (χ3v) is 1.77. The number of methoxy groups -OCH3 is 1. The number of benzene rings is 1. The summed E-state index contributed by atoms with van der Waals surface area (Å²) in [5, 5.41) is 9.23. The van der Waals surface area contributed by atoms with Crippen LogP contribution in [0.15, 0.2) is 12.1 Å². The van der Waals surface area contributed by atoms with Gasteiger partial charge in [-0.2, -0.15) is 0 Å². The van der Waals surface area contributed by atoms with Crippen LogP contribution in [0.3, 0.4) is 0 Å². The van der Waals surface area contributed by atoms with Crippen molar-refractivity contribution in [2.75, 3.05) is 13.7 Å². The molecule has 1 aromatic rings. The van der Waals surface area contributed by atoms with Crippen molar-refractivity contribution in [3.05, 3.63) is 23.5 Å². The van der Waals surface area contributed by atoms with E-state index in [9.17, 15) is 14.3 Å². The van der Waals surface area contributed by atoms with Crippen LogP contribution >= 0.6 is 0 Å². The first-order valence-corrected chi connectivity index (χ1v) is 3.90. The Kier molecular flexibility index (Phi) is 3.03. The van der Waals surface area contributed by atoms with Crippen molar-refractivity contribution < 1.29 is 19.0 Å². The molecule has 14 heavy (non-hydrogen) atoms. The number of Topliss-reactive ketones (excluding diaryl/α,β-unsaturated/α-hetero) is 1. The third-order valence-electron chi connectivity index (χ3n) is 1.77. The highest BCUT2D eigenvalue weighted by molar-refractivity contribution is 6.00. The number of phenolic OH excluding ortho intramolecular Hbond substituents is 1. The maximum atomic E-state index is 12.8. The lowest BCUT2D eigenvalue weighted by atomic mass is 10.1. The molecule has 1 aromatic carbocycles. The Morgan fingerprint density at radius 1 is 1.64 bits per heavy atom. The van der Waals surface area contributed by atoms with E-state index in [1.54, 1.807) is 0 Å². The minimum Gasteiger partial charge on any atom is -0.502 e. The summed E-state index contributed by atoms with van der Waals surface area (Å²) >= 11 is 0. The van der Waals surface area contributed by atoms with Crippen molar-refractivity contribution in [3.63, 3.8) is 0 Å². The van der Waals surface area contributed by atoms with Crippen molar-refractivity contribution >= 4 is 5.78 Å². The van der Waals surface area contributed by atoms with E-state index >= 15 is 0 Å². The highest BCUT2D eigenvalue weighted by Crippen LogP contribution is 2.32. The summed E-state index contributed by atoms with van der Waals surface area (Å²) in [5.41, 5.74) is 5.21. The van der Waals surface area contributed by atoms with Gasteiger partial charge in [-0.1, -0.05) is 0 Å². The van der Waals surface area contributed by atoms with E-state index in [0.717, 1.165) is 6.07 Å². The van der Waals surface area contributed by atoms with Crippen molar-refractivity contribution in [1.82, 2.24) is 0 Å². The van der Waals surface area contributed by atoms with Gasteiger partial charge >= 0.3 is 0 Å². The number of carbonyl (C=O) groups is 1. The van der Waals surface area contributed by atoms with Gasteiger partial charge < -0.3 is 15.6 Å². The summed E-state index contributed by atoms with van der Waals surface area (Å²) in [4.78, 5) is 11.2. The molecule has 0 amide bonds. The van der Waals surface area contributed by atoms with Crippen LogP contribution in [-0.2, 0) is 0 Å². The molecule has 0 atom stereocenters. The van der Waals surface area contributed by atoms with Crippen LogP contribution in [0.4, 0.5) is 4.39 Å². The Bertz CT molecular complexity index is 365. The molecule has 4 nitrogen and oxygen atoms in total. The van der Waals surface area contributed by atoms with E-state index in [1.165, 1.54) is 13.2 Å². The monoisotopic (exact) mass is 199 g/mol. The molecule has 0 spiro atoms. The summed E-state index contributed by atoms with van der Waals surface area (Å²) in [6.45, 7) is -0.221. The fourth-order valence-corrected chi connectivity index (χ4v) is 1.08. The first kappa shape index (κ1) is 10.5. The smallest absolute Gasteiger partial charge is 0.195 e. The number of carbonyl (C=O) groups excluding carboxylic acids is 1. The number of rotatable bonds is 3. The number of hydrogen-bond donors (Lipinski definition) is 2. The van der Waals surface area contributed by atoms with Gasteiger partial charge in [0, 0.05) is 0 Å². The topological polar surface area (TPSA) is 72.5 Å². The number of halogens is 1. The molecule has 0 saturated heterocycles. The number of ketones is 1. The Hall–Kier alpha value is -1.62. The Labute approximate surface area is 80.1 Å². The molecule has 5 heteroatoms. The summed E-state index contributed by atoms with van der Waals surface area (Å²) in [7, 11) is 1.24. The molecule has 0 aliphatic carbocycles. The fraction of sp³-hybridized carbons (Fsp3) is 0.222. The number of nitrogens with two attached hydrogens (primary N) is 1. The molecular weight excluding hydrogens is 189 g/mol. The van der Waals surface area contributed by atoms with E-state index in [2.05, 4.69) is 0 Å². The van der Waals surface area contributed by atoms with Crippen LogP contribution in [0.2, 0.25) is 0 Å². The van der Waals surface area contributed by atoms with E-state index in [4.69, 9.17) is 10.5 Å². The van der Waals surface area contributed by atoms with Crippen LogP contribution in [0.1, 0.15) is 10.4 Å². The highest BCUT2D eigenvalue weighted by Gasteiger charge is 2.17. The number of phenols is 1. The molecule has 3 N–H and O–H groups in total.